The molecule has 0 unspecified atom stereocenters. The van der Waals surface area contributed by atoms with E-state index in [0.29, 0.717) is 32.3 Å². The summed E-state index contributed by atoms with van der Waals surface area (Å²) in [6, 6.07) is 8.05. The van der Waals surface area contributed by atoms with Crippen molar-refractivity contribution < 1.29 is 19.1 Å². The van der Waals surface area contributed by atoms with Gasteiger partial charge in [0.25, 0.3) is 0 Å². The maximum atomic E-state index is 12.3. The smallest absolute Gasteiger partial charge is 0.223 e. The van der Waals surface area contributed by atoms with E-state index in [1.807, 2.05) is 26.0 Å². The Kier molecular flexibility index (Phi) is 8.95. The predicted molar refractivity (Wildman–Crippen MR) is 106 cm³/mol. The van der Waals surface area contributed by atoms with Crippen LogP contribution in [0.5, 0.6) is 0 Å². The Balaban J connectivity index is 1.73. The summed E-state index contributed by atoms with van der Waals surface area (Å²) in [5, 5.41) is 2.97. The van der Waals surface area contributed by atoms with E-state index >= 15 is 0 Å². The molecule has 1 fully saturated rings. The number of carbonyl (C=O) groups is 2. The lowest BCUT2D eigenvalue weighted by Crippen LogP contribution is -2.35. The molecular weight excluding hydrogens is 342 g/mol. The van der Waals surface area contributed by atoms with Gasteiger partial charge in [-0.05, 0) is 37.2 Å². The largest absolute Gasteiger partial charge is 0.382 e. The molecule has 0 aromatic heterocycles. The van der Waals surface area contributed by atoms with Crippen LogP contribution < -0.4 is 5.32 Å². The lowest BCUT2D eigenvalue weighted by Gasteiger charge is -2.28. The molecule has 27 heavy (non-hydrogen) atoms. The summed E-state index contributed by atoms with van der Waals surface area (Å²) in [5.41, 5.74) is 2.07. The maximum absolute atomic E-state index is 12.3. The Morgan fingerprint density at radius 1 is 1.04 bits per heavy atom. The normalized spacial score (nSPS) is 19.9. The van der Waals surface area contributed by atoms with Gasteiger partial charge in [-0.25, -0.2) is 0 Å². The molecule has 0 heterocycles. The van der Waals surface area contributed by atoms with Crippen LogP contribution in [-0.4, -0.2) is 45.2 Å². The Hall–Kier alpha value is -1.72. The van der Waals surface area contributed by atoms with Gasteiger partial charge in [0, 0.05) is 31.1 Å². The first-order valence-corrected chi connectivity index (χ1v) is 10.0. The van der Waals surface area contributed by atoms with Crippen molar-refractivity contribution in [2.24, 2.45) is 11.8 Å². The number of benzene rings is 1. The Bertz CT molecular complexity index is 589. The molecular formula is C22H33NO4. The molecule has 0 aliphatic heterocycles. The first-order chi connectivity index (χ1) is 13.0. The highest BCUT2D eigenvalue weighted by Crippen LogP contribution is 2.36. The van der Waals surface area contributed by atoms with Crippen LogP contribution in [-0.2, 0) is 14.3 Å². The minimum atomic E-state index is 0.0233. The van der Waals surface area contributed by atoms with E-state index in [4.69, 9.17) is 9.47 Å². The van der Waals surface area contributed by atoms with Crippen LogP contribution in [0.25, 0.3) is 0 Å². The van der Waals surface area contributed by atoms with Gasteiger partial charge in [0.2, 0.25) is 5.91 Å². The summed E-state index contributed by atoms with van der Waals surface area (Å²) in [6.45, 7) is 6.05. The highest BCUT2D eigenvalue weighted by atomic mass is 16.5. The molecule has 1 aromatic carbocycles. The minimum absolute atomic E-state index is 0.0233. The monoisotopic (exact) mass is 375 g/mol. The van der Waals surface area contributed by atoms with E-state index in [-0.39, 0.29) is 23.5 Å². The van der Waals surface area contributed by atoms with Crippen LogP contribution in [0.4, 0.5) is 0 Å². The first-order valence-electron chi connectivity index (χ1n) is 10.0. The van der Waals surface area contributed by atoms with Crippen molar-refractivity contribution >= 4 is 11.7 Å². The molecule has 1 N–H and O–H groups in total. The van der Waals surface area contributed by atoms with Gasteiger partial charge in [0.15, 0.2) is 5.78 Å². The van der Waals surface area contributed by atoms with Crippen molar-refractivity contribution in [3.8, 4) is 0 Å². The molecule has 0 saturated heterocycles. The third-order valence-electron chi connectivity index (χ3n) is 5.27. The fourth-order valence-corrected chi connectivity index (χ4v) is 3.58. The lowest BCUT2D eigenvalue weighted by molar-refractivity contribution is -0.126. The van der Waals surface area contributed by atoms with E-state index in [1.54, 1.807) is 7.11 Å². The summed E-state index contributed by atoms with van der Waals surface area (Å²) < 4.78 is 10.3. The van der Waals surface area contributed by atoms with Gasteiger partial charge >= 0.3 is 0 Å². The number of methoxy groups -OCH3 is 1. The summed E-state index contributed by atoms with van der Waals surface area (Å²) >= 11 is 0. The molecule has 2 rings (SSSR count). The lowest BCUT2D eigenvalue weighted by atomic mass is 9.78. The van der Waals surface area contributed by atoms with Crippen molar-refractivity contribution in [1.29, 1.82) is 0 Å². The van der Waals surface area contributed by atoms with E-state index < -0.39 is 0 Å². The number of ether oxygens (including phenoxy) is 2. The molecule has 5 nitrogen and oxygen atoms in total. The zero-order chi connectivity index (χ0) is 19.6. The van der Waals surface area contributed by atoms with Crippen LogP contribution in [0.2, 0.25) is 0 Å². The number of amides is 1. The van der Waals surface area contributed by atoms with Gasteiger partial charge in [0.05, 0.1) is 19.8 Å². The van der Waals surface area contributed by atoms with Crippen LogP contribution in [0.1, 0.15) is 61.4 Å². The number of hydrogen-bond donors (Lipinski definition) is 1. The average molecular weight is 376 g/mol. The highest BCUT2D eigenvalue weighted by molar-refractivity contribution is 5.97. The molecule has 0 atom stereocenters. The van der Waals surface area contributed by atoms with Crippen molar-refractivity contribution in [2.75, 3.05) is 33.5 Å². The molecule has 0 bridgehead atoms. The molecule has 150 valence electrons. The van der Waals surface area contributed by atoms with E-state index in [1.165, 1.54) is 5.56 Å². The van der Waals surface area contributed by atoms with Gasteiger partial charge in [-0.15, -0.1) is 0 Å². The number of rotatable bonds is 10. The fraction of sp³-hybridized carbons (Fsp3) is 0.636. The highest BCUT2D eigenvalue weighted by Gasteiger charge is 2.27. The quantitative estimate of drug-likeness (QED) is 0.501. The summed E-state index contributed by atoms with van der Waals surface area (Å²) in [4.78, 5) is 24.3. The second-order valence-corrected chi connectivity index (χ2v) is 7.59. The van der Waals surface area contributed by atoms with E-state index in [2.05, 4.69) is 17.4 Å². The summed E-state index contributed by atoms with van der Waals surface area (Å²) in [6.07, 6.45) is 3.85. The standard InChI is InChI=1S/C22H33NO4/c1-16(2)21(24)19-8-4-17(5-9-19)18-6-10-20(11-7-18)22(25)23-12-13-27-15-14-26-3/h4-5,8-9,16,18,20H,6-7,10-15H2,1-3H3,(H,23,25). The van der Waals surface area contributed by atoms with Crippen molar-refractivity contribution in [2.45, 2.75) is 45.4 Å². The minimum Gasteiger partial charge on any atom is -0.382 e. The molecule has 1 aliphatic rings. The number of hydrogen-bond acceptors (Lipinski definition) is 4. The van der Waals surface area contributed by atoms with E-state index in [9.17, 15) is 9.59 Å². The molecule has 1 saturated carbocycles. The Morgan fingerprint density at radius 3 is 2.30 bits per heavy atom. The van der Waals surface area contributed by atoms with Crippen LogP contribution in [0.3, 0.4) is 0 Å². The first kappa shape index (κ1) is 21.6. The number of ketones is 1. The second-order valence-electron chi connectivity index (χ2n) is 7.59. The number of carbonyl (C=O) groups excluding carboxylic acids is 2. The SMILES string of the molecule is COCCOCCNC(=O)C1CCC(c2ccc(C(=O)C(C)C)cc2)CC1. The van der Waals surface area contributed by atoms with Crippen LogP contribution in [0.15, 0.2) is 24.3 Å². The molecule has 0 spiro atoms. The zero-order valence-electron chi connectivity index (χ0n) is 16.8. The van der Waals surface area contributed by atoms with Crippen LogP contribution in [0, 0.1) is 11.8 Å². The van der Waals surface area contributed by atoms with Crippen molar-refractivity contribution in [3.63, 3.8) is 0 Å². The molecule has 0 radical (unpaired) electrons. The van der Waals surface area contributed by atoms with Crippen molar-refractivity contribution in [1.82, 2.24) is 5.32 Å². The number of nitrogens with one attached hydrogen (secondary N) is 1. The average Bonchev–Trinajstić information content (AvgIpc) is 2.70. The van der Waals surface area contributed by atoms with E-state index in [0.717, 1.165) is 31.2 Å². The molecule has 5 heteroatoms. The van der Waals surface area contributed by atoms with Gasteiger partial charge in [0.1, 0.15) is 0 Å². The number of Topliss-reactive ketones (excluding diaryl/α,β-unsaturated/α-hetero) is 1. The summed E-state index contributed by atoms with van der Waals surface area (Å²) in [7, 11) is 1.64. The zero-order valence-corrected chi connectivity index (χ0v) is 16.8. The van der Waals surface area contributed by atoms with Gasteiger partial charge in [-0.1, -0.05) is 38.1 Å². The third-order valence-corrected chi connectivity index (χ3v) is 5.27. The molecule has 1 aliphatic carbocycles. The predicted octanol–water partition coefficient (Wildman–Crippen LogP) is 3.58. The summed E-state index contributed by atoms with van der Waals surface area (Å²) in [5.74, 6) is 0.932. The fourth-order valence-electron chi connectivity index (χ4n) is 3.58. The Morgan fingerprint density at radius 2 is 1.70 bits per heavy atom. The van der Waals surface area contributed by atoms with Gasteiger partial charge in [-0.3, -0.25) is 9.59 Å². The Labute approximate surface area is 162 Å². The van der Waals surface area contributed by atoms with Gasteiger partial charge < -0.3 is 14.8 Å². The molecule has 1 amide bonds. The molecule has 1 aromatic rings. The second kappa shape index (κ2) is 11.2. The van der Waals surface area contributed by atoms with Gasteiger partial charge in [-0.2, -0.15) is 0 Å². The van der Waals surface area contributed by atoms with Crippen LogP contribution >= 0.6 is 0 Å². The third kappa shape index (κ3) is 6.74. The maximum Gasteiger partial charge on any atom is 0.223 e. The van der Waals surface area contributed by atoms with Crippen molar-refractivity contribution in [3.05, 3.63) is 35.4 Å². The topological polar surface area (TPSA) is 64.6 Å².